The number of carboxylic acid groups (broad SMARTS) is 1. The largest absolute Gasteiger partial charge is 0.481 e. The molecule has 3 heteroatoms. The second kappa shape index (κ2) is 7.60. The monoisotopic (exact) mass is 289 g/mol. The van der Waals surface area contributed by atoms with Crippen LogP contribution < -0.4 is 0 Å². The van der Waals surface area contributed by atoms with Gasteiger partial charge in [-0.15, -0.1) is 0 Å². The molecule has 0 amide bonds. The van der Waals surface area contributed by atoms with Crippen molar-refractivity contribution in [3.8, 4) is 0 Å². The lowest BCUT2D eigenvalue weighted by Crippen LogP contribution is -2.42. The van der Waals surface area contributed by atoms with Crippen molar-refractivity contribution in [3.63, 3.8) is 0 Å². The van der Waals surface area contributed by atoms with Crippen LogP contribution in [0.5, 0.6) is 0 Å². The van der Waals surface area contributed by atoms with E-state index in [0.29, 0.717) is 12.1 Å². The van der Waals surface area contributed by atoms with Crippen LogP contribution in [0.4, 0.5) is 0 Å². The van der Waals surface area contributed by atoms with Gasteiger partial charge in [-0.3, -0.25) is 9.69 Å². The van der Waals surface area contributed by atoms with Crippen molar-refractivity contribution >= 4 is 5.97 Å². The standard InChI is InChI=1S/C18H27NO2/c1-3-17(15-9-7-14(2)8-10-15)19-13-5-4-6-16(19)11-12-18(20)21/h7-10,16-17H,3-6,11-13H2,1-2H3,(H,20,21). The number of nitrogens with zero attached hydrogens (tertiary/aromatic N) is 1. The summed E-state index contributed by atoms with van der Waals surface area (Å²) < 4.78 is 0. The van der Waals surface area contributed by atoms with Gasteiger partial charge in [0.25, 0.3) is 0 Å². The summed E-state index contributed by atoms with van der Waals surface area (Å²) in [4.78, 5) is 13.4. The average molecular weight is 289 g/mol. The molecule has 2 rings (SSSR count). The van der Waals surface area contributed by atoms with Crippen LogP contribution in [0.3, 0.4) is 0 Å². The number of hydrogen-bond acceptors (Lipinski definition) is 2. The zero-order chi connectivity index (χ0) is 15.2. The number of aryl methyl sites for hydroxylation is 1. The van der Waals surface area contributed by atoms with E-state index in [2.05, 4.69) is 43.0 Å². The van der Waals surface area contributed by atoms with Gasteiger partial charge in [0.2, 0.25) is 0 Å². The van der Waals surface area contributed by atoms with Gasteiger partial charge in [-0.1, -0.05) is 43.2 Å². The summed E-state index contributed by atoms with van der Waals surface area (Å²) in [5, 5.41) is 8.96. The number of benzene rings is 1. The molecular formula is C18H27NO2. The van der Waals surface area contributed by atoms with E-state index >= 15 is 0 Å². The molecule has 1 fully saturated rings. The molecule has 0 saturated carbocycles. The first kappa shape index (κ1) is 16.0. The van der Waals surface area contributed by atoms with Gasteiger partial charge >= 0.3 is 5.97 Å². The minimum absolute atomic E-state index is 0.283. The third-order valence-corrected chi connectivity index (χ3v) is 4.61. The summed E-state index contributed by atoms with van der Waals surface area (Å²) in [6.45, 7) is 5.44. The molecule has 1 heterocycles. The van der Waals surface area contributed by atoms with E-state index in [4.69, 9.17) is 5.11 Å². The summed E-state index contributed by atoms with van der Waals surface area (Å²) in [5.41, 5.74) is 2.65. The minimum atomic E-state index is -0.677. The van der Waals surface area contributed by atoms with Crippen LogP contribution in [0.1, 0.15) is 62.6 Å². The molecule has 1 aliphatic heterocycles. The summed E-state index contributed by atoms with van der Waals surface area (Å²) in [6, 6.07) is 9.65. The zero-order valence-corrected chi connectivity index (χ0v) is 13.2. The predicted octanol–water partition coefficient (Wildman–Crippen LogP) is 4.17. The van der Waals surface area contributed by atoms with E-state index in [9.17, 15) is 4.79 Å². The fraction of sp³-hybridized carbons (Fsp3) is 0.611. The smallest absolute Gasteiger partial charge is 0.303 e. The zero-order valence-electron chi connectivity index (χ0n) is 13.2. The lowest BCUT2D eigenvalue weighted by atomic mass is 9.92. The number of hydrogen-bond donors (Lipinski definition) is 1. The normalized spacial score (nSPS) is 21.1. The number of piperidine rings is 1. The minimum Gasteiger partial charge on any atom is -0.481 e. The van der Waals surface area contributed by atoms with Gasteiger partial charge in [-0.2, -0.15) is 0 Å². The highest BCUT2D eigenvalue weighted by molar-refractivity contribution is 5.66. The second-order valence-electron chi connectivity index (χ2n) is 6.15. The highest BCUT2D eigenvalue weighted by Crippen LogP contribution is 2.32. The van der Waals surface area contributed by atoms with Crippen LogP contribution >= 0.6 is 0 Å². The number of aliphatic carboxylic acids is 1. The van der Waals surface area contributed by atoms with Crippen LogP contribution in [0, 0.1) is 6.92 Å². The van der Waals surface area contributed by atoms with E-state index < -0.39 is 5.97 Å². The molecule has 1 aromatic rings. The first-order chi connectivity index (χ1) is 10.1. The molecule has 116 valence electrons. The van der Waals surface area contributed by atoms with Crippen LogP contribution in [-0.2, 0) is 4.79 Å². The maximum absolute atomic E-state index is 10.9. The van der Waals surface area contributed by atoms with Gasteiger partial charge in [0.05, 0.1) is 0 Å². The van der Waals surface area contributed by atoms with Gasteiger partial charge in [-0.25, -0.2) is 0 Å². The van der Waals surface area contributed by atoms with Crippen molar-refractivity contribution in [1.29, 1.82) is 0 Å². The Hall–Kier alpha value is -1.35. The van der Waals surface area contributed by atoms with Crippen molar-refractivity contribution < 1.29 is 9.90 Å². The Bertz CT molecular complexity index is 455. The molecule has 0 aliphatic carbocycles. The molecular weight excluding hydrogens is 262 g/mol. The maximum Gasteiger partial charge on any atom is 0.303 e. The molecule has 2 unspecified atom stereocenters. The quantitative estimate of drug-likeness (QED) is 0.854. The third kappa shape index (κ3) is 4.31. The predicted molar refractivity (Wildman–Crippen MR) is 85.4 cm³/mol. The molecule has 0 spiro atoms. The number of carboxylic acids is 1. The molecule has 21 heavy (non-hydrogen) atoms. The highest BCUT2D eigenvalue weighted by atomic mass is 16.4. The van der Waals surface area contributed by atoms with Gasteiger partial charge in [0, 0.05) is 18.5 Å². The lowest BCUT2D eigenvalue weighted by molar-refractivity contribution is -0.137. The molecule has 1 N–H and O–H groups in total. The van der Waals surface area contributed by atoms with Crippen LogP contribution in [0.25, 0.3) is 0 Å². The molecule has 0 bridgehead atoms. The molecule has 1 saturated heterocycles. The Labute approximate surface area is 128 Å². The van der Waals surface area contributed by atoms with Crippen LogP contribution in [0.2, 0.25) is 0 Å². The van der Waals surface area contributed by atoms with Gasteiger partial charge in [0.15, 0.2) is 0 Å². The first-order valence-electron chi connectivity index (χ1n) is 8.16. The Morgan fingerprint density at radius 2 is 2.05 bits per heavy atom. The fourth-order valence-electron chi connectivity index (χ4n) is 3.48. The Kier molecular flexibility index (Phi) is 5.80. The highest BCUT2D eigenvalue weighted by Gasteiger charge is 2.28. The van der Waals surface area contributed by atoms with Crippen molar-refractivity contribution in [2.45, 2.75) is 64.5 Å². The first-order valence-corrected chi connectivity index (χ1v) is 8.16. The Morgan fingerprint density at radius 1 is 1.33 bits per heavy atom. The second-order valence-corrected chi connectivity index (χ2v) is 6.15. The summed E-state index contributed by atoms with van der Waals surface area (Å²) in [5.74, 6) is -0.677. The number of rotatable bonds is 6. The lowest BCUT2D eigenvalue weighted by Gasteiger charge is -2.41. The Balaban J connectivity index is 2.12. The van der Waals surface area contributed by atoms with E-state index in [0.717, 1.165) is 25.8 Å². The van der Waals surface area contributed by atoms with Gasteiger partial charge in [-0.05, 0) is 44.7 Å². The molecule has 1 aliphatic rings. The van der Waals surface area contributed by atoms with Gasteiger partial charge in [0.1, 0.15) is 0 Å². The SMILES string of the molecule is CCC(c1ccc(C)cc1)N1CCCCC1CCC(=O)O. The molecule has 0 aromatic heterocycles. The van der Waals surface area contributed by atoms with E-state index in [1.54, 1.807) is 0 Å². The topological polar surface area (TPSA) is 40.5 Å². The molecule has 1 aromatic carbocycles. The van der Waals surface area contributed by atoms with E-state index in [-0.39, 0.29) is 6.42 Å². The molecule has 3 nitrogen and oxygen atoms in total. The van der Waals surface area contributed by atoms with Crippen molar-refractivity contribution in [2.24, 2.45) is 0 Å². The van der Waals surface area contributed by atoms with E-state index in [1.807, 2.05) is 0 Å². The van der Waals surface area contributed by atoms with E-state index in [1.165, 1.54) is 24.0 Å². The number of carbonyl (C=O) groups is 1. The fourth-order valence-corrected chi connectivity index (χ4v) is 3.48. The molecule has 0 radical (unpaired) electrons. The van der Waals surface area contributed by atoms with Gasteiger partial charge < -0.3 is 5.11 Å². The summed E-state index contributed by atoms with van der Waals surface area (Å²) >= 11 is 0. The number of likely N-dealkylation sites (tertiary alicyclic amines) is 1. The molecule has 2 atom stereocenters. The van der Waals surface area contributed by atoms with Crippen molar-refractivity contribution in [3.05, 3.63) is 35.4 Å². The Morgan fingerprint density at radius 3 is 2.67 bits per heavy atom. The van der Waals surface area contributed by atoms with Crippen LogP contribution in [0.15, 0.2) is 24.3 Å². The van der Waals surface area contributed by atoms with Crippen molar-refractivity contribution in [1.82, 2.24) is 4.90 Å². The summed E-state index contributed by atoms with van der Waals surface area (Å²) in [7, 11) is 0. The van der Waals surface area contributed by atoms with Crippen molar-refractivity contribution in [2.75, 3.05) is 6.54 Å². The maximum atomic E-state index is 10.9. The third-order valence-electron chi connectivity index (χ3n) is 4.61. The average Bonchev–Trinajstić information content (AvgIpc) is 2.49. The van der Waals surface area contributed by atoms with Crippen LogP contribution in [-0.4, -0.2) is 28.6 Å². The summed E-state index contributed by atoms with van der Waals surface area (Å²) in [6.07, 6.45) is 5.72.